The zero-order chi connectivity index (χ0) is 16.2. The first-order valence-electron chi connectivity index (χ1n) is 7.18. The molecule has 0 saturated heterocycles. The Hall–Kier alpha value is -1.47. The van der Waals surface area contributed by atoms with Crippen molar-refractivity contribution in [1.82, 2.24) is 5.32 Å². The number of rotatable bonds is 5. The van der Waals surface area contributed by atoms with Crippen molar-refractivity contribution in [2.75, 3.05) is 6.54 Å². The molecule has 1 aromatic rings. The van der Waals surface area contributed by atoms with Crippen LogP contribution in [0.3, 0.4) is 0 Å². The maximum atomic E-state index is 12.3. The van der Waals surface area contributed by atoms with Crippen LogP contribution in [0, 0.1) is 5.41 Å². The molecule has 1 fully saturated rings. The van der Waals surface area contributed by atoms with Gasteiger partial charge in [0.05, 0.1) is 5.41 Å². The number of hydrogen-bond acceptors (Lipinski definition) is 3. The first-order chi connectivity index (χ1) is 10.3. The molecule has 4 nitrogen and oxygen atoms in total. The molecule has 130 valence electrons. The van der Waals surface area contributed by atoms with Crippen molar-refractivity contribution in [3.05, 3.63) is 29.8 Å². The highest BCUT2D eigenvalue weighted by Crippen LogP contribution is 2.37. The van der Waals surface area contributed by atoms with E-state index in [4.69, 9.17) is 5.73 Å². The van der Waals surface area contributed by atoms with Gasteiger partial charge in [0.2, 0.25) is 5.91 Å². The summed E-state index contributed by atoms with van der Waals surface area (Å²) in [6, 6.07) is 5.43. The van der Waals surface area contributed by atoms with Gasteiger partial charge >= 0.3 is 6.36 Å². The number of alkyl halides is 3. The normalized spacial score (nSPS) is 16.5. The van der Waals surface area contributed by atoms with Crippen molar-refractivity contribution in [3.8, 4) is 5.75 Å². The Kier molecular flexibility index (Phi) is 6.70. The highest BCUT2D eigenvalue weighted by Gasteiger charge is 2.39. The predicted octanol–water partition coefficient (Wildman–Crippen LogP) is 3.14. The van der Waals surface area contributed by atoms with Crippen LogP contribution >= 0.6 is 12.4 Å². The van der Waals surface area contributed by atoms with E-state index in [2.05, 4.69) is 10.1 Å². The topological polar surface area (TPSA) is 64.4 Å². The second kappa shape index (κ2) is 7.88. The molecule has 0 aliphatic heterocycles. The van der Waals surface area contributed by atoms with Gasteiger partial charge in [0, 0.05) is 13.1 Å². The molecule has 2 rings (SSSR count). The van der Waals surface area contributed by atoms with Crippen molar-refractivity contribution in [3.63, 3.8) is 0 Å². The van der Waals surface area contributed by atoms with Crippen LogP contribution in [0.2, 0.25) is 0 Å². The Labute approximate surface area is 139 Å². The van der Waals surface area contributed by atoms with E-state index < -0.39 is 11.8 Å². The van der Waals surface area contributed by atoms with Crippen molar-refractivity contribution >= 4 is 18.3 Å². The van der Waals surface area contributed by atoms with Crippen LogP contribution in [-0.4, -0.2) is 18.8 Å². The second-order valence-electron chi connectivity index (χ2n) is 5.57. The van der Waals surface area contributed by atoms with Crippen LogP contribution in [-0.2, 0) is 11.3 Å². The summed E-state index contributed by atoms with van der Waals surface area (Å²) in [5.41, 5.74) is 5.95. The van der Waals surface area contributed by atoms with Crippen molar-refractivity contribution in [2.24, 2.45) is 11.1 Å². The molecule has 0 bridgehead atoms. The maximum absolute atomic E-state index is 12.3. The number of nitrogens with one attached hydrogen (secondary N) is 1. The van der Waals surface area contributed by atoms with E-state index in [0.29, 0.717) is 12.1 Å². The third kappa shape index (κ3) is 5.28. The fraction of sp³-hybridized carbons (Fsp3) is 0.533. The van der Waals surface area contributed by atoms with Gasteiger partial charge in [0.25, 0.3) is 0 Å². The van der Waals surface area contributed by atoms with Crippen LogP contribution in [0.5, 0.6) is 5.75 Å². The summed E-state index contributed by atoms with van der Waals surface area (Å²) < 4.78 is 40.0. The van der Waals surface area contributed by atoms with E-state index in [9.17, 15) is 18.0 Å². The Bertz CT molecular complexity index is 514. The number of hydrogen-bond donors (Lipinski definition) is 2. The summed E-state index contributed by atoms with van der Waals surface area (Å²) in [6.07, 6.45) is -1.14. The number of ether oxygens (including phenoxy) is 1. The molecule has 0 unspecified atom stereocenters. The molecule has 0 atom stereocenters. The third-order valence-corrected chi connectivity index (χ3v) is 4.04. The van der Waals surface area contributed by atoms with Gasteiger partial charge < -0.3 is 15.8 Å². The number of nitrogens with two attached hydrogens (primary N) is 1. The van der Waals surface area contributed by atoms with Crippen molar-refractivity contribution < 1.29 is 22.7 Å². The van der Waals surface area contributed by atoms with Gasteiger partial charge in [-0.3, -0.25) is 4.79 Å². The Morgan fingerprint density at radius 1 is 1.22 bits per heavy atom. The van der Waals surface area contributed by atoms with E-state index in [1.54, 1.807) is 0 Å². The molecule has 3 N–H and O–H groups in total. The summed E-state index contributed by atoms with van der Waals surface area (Å²) in [6.45, 7) is 0.573. The molecule has 1 saturated carbocycles. The zero-order valence-corrected chi connectivity index (χ0v) is 13.3. The van der Waals surface area contributed by atoms with Gasteiger partial charge in [-0.25, -0.2) is 0 Å². The standard InChI is InChI=1S/C15H19F3N2O2.ClH/c16-15(17,18)22-12-5-3-11(4-6-12)9-20-13(21)14(10-19)7-1-2-8-14;/h3-6H,1-2,7-10,19H2,(H,20,21);1H. The molecule has 1 aliphatic carbocycles. The van der Waals surface area contributed by atoms with Gasteiger partial charge in [-0.15, -0.1) is 25.6 Å². The average molecular weight is 353 g/mol. The molecule has 0 heterocycles. The Morgan fingerprint density at radius 3 is 2.26 bits per heavy atom. The lowest BCUT2D eigenvalue weighted by molar-refractivity contribution is -0.274. The summed E-state index contributed by atoms with van der Waals surface area (Å²) in [7, 11) is 0. The maximum Gasteiger partial charge on any atom is 0.573 e. The Morgan fingerprint density at radius 2 is 1.78 bits per heavy atom. The monoisotopic (exact) mass is 352 g/mol. The van der Waals surface area contributed by atoms with E-state index >= 15 is 0 Å². The van der Waals surface area contributed by atoms with Crippen molar-refractivity contribution in [2.45, 2.75) is 38.6 Å². The van der Waals surface area contributed by atoms with Gasteiger partial charge in [-0.05, 0) is 30.5 Å². The van der Waals surface area contributed by atoms with Gasteiger partial charge in [0.15, 0.2) is 0 Å². The summed E-state index contributed by atoms with van der Waals surface area (Å²) in [5.74, 6) is -0.361. The largest absolute Gasteiger partial charge is 0.573 e. The lowest BCUT2D eigenvalue weighted by atomic mass is 9.85. The third-order valence-electron chi connectivity index (χ3n) is 4.04. The van der Waals surface area contributed by atoms with E-state index in [0.717, 1.165) is 25.7 Å². The number of carbonyl (C=O) groups excluding carboxylic acids is 1. The molecule has 0 radical (unpaired) electrons. The van der Waals surface area contributed by atoms with E-state index in [-0.39, 0.29) is 30.6 Å². The fourth-order valence-electron chi connectivity index (χ4n) is 2.75. The van der Waals surface area contributed by atoms with E-state index in [1.165, 1.54) is 24.3 Å². The lowest BCUT2D eigenvalue weighted by Crippen LogP contribution is -2.43. The molecule has 1 amide bonds. The number of benzene rings is 1. The predicted molar refractivity (Wildman–Crippen MR) is 82.2 cm³/mol. The molecule has 1 aliphatic rings. The highest BCUT2D eigenvalue weighted by atomic mass is 35.5. The zero-order valence-electron chi connectivity index (χ0n) is 12.5. The van der Waals surface area contributed by atoms with Crippen LogP contribution in [0.15, 0.2) is 24.3 Å². The number of carbonyl (C=O) groups is 1. The first-order valence-corrected chi connectivity index (χ1v) is 7.18. The number of halogens is 4. The minimum absolute atomic E-state index is 0. The summed E-state index contributed by atoms with van der Waals surface area (Å²) in [4.78, 5) is 12.3. The average Bonchev–Trinajstić information content (AvgIpc) is 2.95. The molecule has 23 heavy (non-hydrogen) atoms. The molecular weight excluding hydrogens is 333 g/mol. The summed E-state index contributed by atoms with van der Waals surface area (Å²) >= 11 is 0. The smallest absolute Gasteiger partial charge is 0.406 e. The van der Waals surface area contributed by atoms with Crippen molar-refractivity contribution in [1.29, 1.82) is 0 Å². The minimum atomic E-state index is -4.70. The fourth-order valence-corrected chi connectivity index (χ4v) is 2.75. The van der Waals surface area contributed by atoms with Crippen LogP contribution in [0.25, 0.3) is 0 Å². The highest BCUT2D eigenvalue weighted by molar-refractivity contribution is 5.85. The van der Waals surface area contributed by atoms with E-state index in [1.807, 2.05) is 0 Å². The molecule has 0 aromatic heterocycles. The van der Waals surface area contributed by atoms with Gasteiger partial charge in [-0.1, -0.05) is 25.0 Å². The second-order valence-corrected chi connectivity index (χ2v) is 5.57. The summed E-state index contributed by atoms with van der Waals surface area (Å²) in [5, 5.41) is 2.82. The van der Waals surface area contributed by atoms with Gasteiger partial charge in [-0.2, -0.15) is 0 Å². The van der Waals surface area contributed by atoms with Crippen LogP contribution < -0.4 is 15.8 Å². The lowest BCUT2D eigenvalue weighted by Gasteiger charge is -2.25. The molecule has 0 spiro atoms. The van der Waals surface area contributed by atoms with Crippen LogP contribution in [0.1, 0.15) is 31.2 Å². The minimum Gasteiger partial charge on any atom is -0.406 e. The number of amides is 1. The van der Waals surface area contributed by atoms with Gasteiger partial charge in [0.1, 0.15) is 5.75 Å². The first kappa shape index (κ1) is 19.6. The Balaban J connectivity index is 0.00000264. The quantitative estimate of drug-likeness (QED) is 0.855. The SMILES string of the molecule is Cl.NCC1(C(=O)NCc2ccc(OC(F)(F)F)cc2)CCCC1. The molecular formula is C15H20ClF3N2O2. The molecule has 1 aromatic carbocycles. The van der Waals surface area contributed by atoms with Crippen LogP contribution in [0.4, 0.5) is 13.2 Å². The molecule has 8 heteroatoms.